The zero-order valence-electron chi connectivity index (χ0n) is 8.64. The van der Waals surface area contributed by atoms with Gasteiger partial charge in [0.2, 0.25) is 0 Å². The molecular weight excluding hydrogens is 178 g/mol. The van der Waals surface area contributed by atoms with Gasteiger partial charge in [0.1, 0.15) is 0 Å². The normalized spacial score (nSPS) is 21.3. The van der Waals surface area contributed by atoms with Gasteiger partial charge in [0.05, 0.1) is 0 Å². The molecule has 0 aromatic heterocycles. The van der Waals surface area contributed by atoms with Crippen LogP contribution in [-0.4, -0.2) is 24.1 Å². The molecule has 1 saturated carbocycles. The van der Waals surface area contributed by atoms with E-state index < -0.39 is 0 Å². The van der Waals surface area contributed by atoms with E-state index in [9.17, 15) is 0 Å². The predicted molar refractivity (Wildman–Crippen MR) is 62.4 cm³/mol. The van der Waals surface area contributed by atoms with Gasteiger partial charge in [-0.3, -0.25) is 0 Å². The molecule has 1 aliphatic rings. The van der Waals surface area contributed by atoms with Crippen LogP contribution in [0.25, 0.3) is 0 Å². The highest BCUT2D eigenvalue weighted by molar-refractivity contribution is 8.00. The van der Waals surface area contributed by atoms with Crippen LogP contribution in [0.4, 0.5) is 0 Å². The van der Waals surface area contributed by atoms with Crippen molar-refractivity contribution in [1.82, 2.24) is 5.32 Å². The van der Waals surface area contributed by atoms with E-state index in [0.29, 0.717) is 4.75 Å². The minimum atomic E-state index is 0.529. The van der Waals surface area contributed by atoms with Gasteiger partial charge >= 0.3 is 0 Å². The van der Waals surface area contributed by atoms with Crippen LogP contribution in [0.1, 0.15) is 32.1 Å². The average molecular weight is 199 g/mol. The molecule has 1 N–H and O–H groups in total. The van der Waals surface area contributed by atoms with E-state index in [1.807, 2.05) is 17.8 Å². The van der Waals surface area contributed by atoms with Crippen LogP contribution < -0.4 is 5.32 Å². The maximum absolute atomic E-state index is 3.72. The molecule has 76 valence electrons. The molecule has 0 bridgehead atoms. The second kappa shape index (κ2) is 5.71. The van der Waals surface area contributed by atoms with Gasteiger partial charge in [-0.2, -0.15) is 11.8 Å². The van der Waals surface area contributed by atoms with E-state index in [-0.39, 0.29) is 0 Å². The Labute approximate surface area is 86.4 Å². The third-order valence-electron chi connectivity index (χ3n) is 2.93. The highest BCUT2D eigenvalue weighted by Gasteiger charge is 2.30. The molecule has 0 aromatic carbocycles. The summed E-state index contributed by atoms with van der Waals surface area (Å²) in [6, 6.07) is 0. The van der Waals surface area contributed by atoms with Gasteiger partial charge in [0.15, 0.2) is 0 Å². The SMILES string of the molecule is C=CCNCC1(SC)CCCCC1. The first-order valence-corrected chi connectivity index (χ1v) is 6.42. The lowest BCUT2D eigenvalue weighted by Crippen LogP contribution is -2.39. The number of thioether (sulfide) groups is 1. The van der Waals surface area contributed by atoms with Crippen LogP contribution >= 0.6 is 11.8 Å². The molecule has 0 aromatic rings. The summed E-state index contributed by atoms with van der Waals surface area (Å²) in [5, 5.41) is 3.46. The Morgan fingerprint density at radius 3 is 2.62 bits per heavy atom. The van der Waals surface area contributed by atoms with Crippen molar-refractivity contribution in [3.8, 4) is 0 Å². The maximum atomic E-state index is 3.72. The molecule has 0 amide bonds. The predicted octanol–water partition coefficient (Wildman–Crippen LogP) is 2.83. The fourth-order valence-electron chi connectivity index (χ4n) is 2.05. The molecular formula is C11H21NS. The second-order valence-corrected chi connectivity index (χ2v) is 5.14. The van der Waals surface area contributed by atoms with Crippen molar-refractivity contribution in [3.05, 3.63) is 12.7 Å². The van der Waals surface area contributed by atoms with Gasteiger partial charge in [0.25, 0.3) is 0 Å². The molecule has 0 unspecified atom stereocenters. The third-order valence-corrected chi connectivity index (χ3v) is 4.35. The van der Waals surface area contributed by atoms with Crippen molar-refractivity contribution in [2.75, 3.05) is 19.3 Å². The lowest BCUT2D eigenvalue weighted by Gasteiger charge is -2.35. The molecule has 0 spiro atoms. The van der Waals surface area contributed by atoms with Gasteiger partial charge in [-0.1, -0.05) is 25.3 Å². The lowest BCUT2D eigenvalue weighted by atomic mass is 9.88. The molecule has 1 rings (SSSR count). The maximum Gasteiger partial charge on any atom is 0.0281 e. The van der Waals surface area contributed by atoms with Crippen molar-refractivity contribution in [2.45, 2.75) is 36.9 Å². The number of hydrogen-bond donors (Lipinski definition) is 1. The molecule has 0 saturated heterocycles. The van der Waals surface area contributed by atoms with Crippen LogP contribution in [0, 0.1) is 0 Å². The molecule has 1 nitrogen and oxygen atoms in total. The van der Waals surface area contributed by atoms with Crippen molar-refractivity contribution < 1.29 is 0 Å². The summed E-state index contributed by atoms with van der Waals surface area (Å²) < 4.78 is 0.529. The summed E-state index contributed by atoms with van der Waals surface area (Å²) in [7, 11) is 0. The Hall–Kier alpha value is 0.0500. The van der Waals surface area contributed by atoms with Gasteiger partial charge in [-0.15, -0.1) is 6.58 Å². The second-order valence-electron chi connectivity index (χ2n) is 3.87. The Morgan fingerprint density at radius 2 is 2.08 bits per heavy atom. The summed E-state index contributed by atoms with van der Waals surface area (Å²) in [6.07, 6.45) is 11.2. The Bertz CT molecular complexity index is 150. The van der Waals surface area contributed by atoms with E-state index >= 15 is 0 Å². The summed E-state index contributed by atoms with van der Waals surface area (Å²) in [5.74, 6) is 0. The third kappa shape index (κ3) is 3.35. The highest BCUT2D eigenvalue weighted by Crippen LogP contribution is 2.37. The first-order valence-electron chi connectivity index (χ1n) is 5.20. The first-order chi connectivity index (χ1) is 6.33. The van der Waals surface area contributed by atoms with E-state index in [2.05, 4.69) is 18.2 Å². The molecule has 13 heavy (non-hydrogen) atoms. The minimum absolute atomic E-state index is 0.529. The largest absolute Gasteiger partial charge is 0.312 e. The zero-order chi connectivity index (χ0) is 9.57. The Kier molecular flexibility index (Phi) is 4.89. The number of rotatable bonds is 5. The van der Waals surface area contributed by atoms with Gasteiger partial charge in [0, 0.05) is 17.8 Å². The lowest BCUT2D eigenvalue weighted by molar-refractivity contribution is 0.384. The fourth-order valence-corrected chi connectivity index (χ4v) is 2.99. The van der Waals surface area contributed by atoms with Crippen LogP contribution in [0.15, 0.2) is 12.7 Å². The highest BCUT2D eigenvalue weighted by atomic mass is 32.2. The van der Waals surface area contributed by atoms with Crippen LogP contribution in [0.2, 0.25) is 0 Å². The number of nitrogens with one attached hydrogen (secondary N) is 1. The van der Waals surface area contributed by atoms with Crippen molar-refractivity contribution in [2.24, 2.45) is 0 Å². The summed E-state index contributed by atoms with van der Waals surface area (Å²) >= 11 is 2.05. The van der Waals surface area contributed by atoms with E-state index in [1.54, 1.807) is 0 Å². The van der Waals surface area contributed by atoms with Crippen LogP contribution in [0.5, 0.6) is 0 Å². The standard InChI is InChI=1S/C11H21NS/c1-3-9-12-10-11(13-2)7-5-4-6-8-11/h3,12H,1,4-10H2,2H3. The fraction of sp³-hybridized carbons (Fsp3) is 0.818. The first kappa shape index (κ1) is 11.1. The molecule has 0 radical (unpaired) electrons. The summed E-state index contributed by atoms with van der Waals surface area (Å²) in [4.78, 5) is 0. The van der Waals surface area contributed by atoms with E-state index in [4.69, 9.17) is 0 Å². The van der Waals surface area contributed by atoms with E-state index in [0.717, 1.165) is 13.1 Å². The zero-order valence-corrected chi connectivity index (χ0v) is 9.46. The van der Waals surface area contributed by atoms with Crippen molar-refractivity contribution in [1.29, 1.82) is 0 Å². The number of hydrogen-bond acceptors (Lipinski definition) is 2. The quantitative estimate of drug-likeness (QED) is 0.540. The van der Waals surface area contributed by atoms with E-state index in [1.165, 1.54) is 32.1 Å². The molecule has 1 aliphatic carbocycles. The molecule has 1 fully saturated rings. The van der Waals surface area contributed by atoms with Crippen molar-refractivity contribution >= 4 is 11.8 Å². The van der Waals surface area contributed by atoms with Gasteiger partial charge < -0.3 is 5.32 Å². The monoisotopic (exact) mass is 199 g/mol. The van der Waals surface area contributed by atoms with Crippen LogP contribution in [-0.2, 0) is 0 Å². The van der Waals surface area contributed by atoms with Crippen LogP contribution in [0.3, 0.4) is 0 Å². The molecule has 0 atom stereocenters. The Morgan fingerprint density at radius 1 is 1.38 bits per heavy atom. The Balaban J connectivity index is 2.33. The molecule has 2 heteroatoms. The van der Waals surface area contributed by atoms with Gasteiger partial charge in [-0.05, 0) is 19.1 Å². The topological polar surface area (TPSA) is 12.0 Å². The summed E-state index contributed by atoms with van der Waals surface area (Å²) in [5.41, 5.74) is 0. The molecule has 0 aliphatic heterocycles. The minimum Gasteiger partial charge on any atom is -0.312 e. The van der Waals surface area contributed by atoms with Gasteiger partial charge in [-0.25, -0.2) is 0 Å². The average Bonchev–Trinajstić information content (AvgIpc) is 2.20. The van der Waals surface area contributed by atoms with Crippen molar-refractivity contribution in [3.63, 3.8) is 0 Å². The molecule has 0 heterocycles. The smallest absolute Gasteiger partial charge is 0.0281 e. The summed E-state index contributed by atoms with van der Waals surface area (Å²) in [6.45, 7) is 5.82.